The maximum Gasteiger partial charge on any atom is 0.143 e. The predicted molar refractivity (Wildman–Crippen MR) is 82.5 cm³/mol. The first kappa shape index (κ1) is 14.7. The summed E-state index contributed by atoms with van der Waals surface area (Å²) < 4.78 is 0. The lowest BCUT2D eigenvalue weighted by Crippen LogP contribution is -2.30. The van der Waals surface area contributed by atoms with E-state index in [4.69, 9.17) is 0 Å². The number of aliphatic hydroxyl groups excluding tert-OH is 1. The minimum absolute atomic E-state index is 0.0814. The molecule has 0 aliphatic heterocycles. The lowest BCUT2D eigenvalue weighted by Gasteiger charge is -2.26. The van der Waals surface area contributed by atoms with E-state index in [9.17, 15) is 9.90 Å². The molecule has 106 valence electrons. The monoisotopic (exact) mass is 270 g/mol. The van der Waals surface area contributed by atoms with Crippen LogP contribution in [-0.2, 0) is 4.79 Å². The molecule has 2 heteroatoms. The van der Waals surface area contributed by atoms with Gasteiger partial charge in [-0.3, -0.25) is 4.79 Å². The molecule has 0 saturated heterocycles. The summed E-state index contributed by atoms with van der Waals surface area (Å²) in [6.07, 6.45) is -0.771. The largest absolute Gasteiger partial charge is 0.388 e. The van der Waals surface area contributed by atoms with E-state index < -0.39 is 17.4 Å². The SMILES string of the molecule is CC(C(=O)C(C)(C)C)C(O)c1cccc2ccccc12. The second kappa shape index (κ2) is 5.37. The third-order valence-electron chi connectivity index (χ3n) is 3.77. The quantitative estimate of drug-likeness (QED) is 0.910. The highest BCUT2D eigenvalue weighted by Crippen LogP contribution is 2.33. The van der Waals surface area contributed by atoms with E-state index in [1.807, 2.05) is 63.2 Å². The van der Waals surface area contributed by atoms with Crippen molar-refractivity contribution in [3.8, 4) is 0 Å². The molecule has 1 N–H and O–H groups in total. The van der Waals surface area contributed by atoms with Crippen LogP contribution < -0.4 is 0 Å². The summed E-state index contributed by atoms with van der Waals surface area (Å²) in [5.74, 6) is -0.334. The maximum atomic E-state index is 12.4. The molecule has 2 atom stereocenters. The minimum atomic E-state index is -0.771. The van der Waals surface area contributed by atoms with Crippen molar-refractivity contribution in [1.82, 2.24) is 0 Å². The molecule has 0 saturated carbocycles. The highest BCUT2D eigenvalue weighted by atomic mass is 16.3. The van der Waals surface area contributed by atoms with Crippen LogP contribution in [-0.4, -0.2) is 10.9 Å². The Labute approximate surface area is 120 Å². The number of hydrogen-bond acceptors (Lipinski definition) is 2. The van der Waals surface area contributed by atoms with Gasteiger partial charge in [-0.05, 0) is 16.3 Å². The number of carbonyl (C=O) groups excluding carboxylic acids is 1. The van der Waals surface area contributed by atoms with Crippen LogP contribution in [0.5, 0.6) is 0 Å². The summed E-state index contributed by atoms with van der Waals surface area (Å²) in [5, 5.41) is 12.7. The van der Waals surface area contributed by atoms with E-state index in [-0.39, 0.29) is 5.78 Å². The van der Waals surface area contributed by atoms with Gasteiger partial charge in [0.15, 0.2) is 0 Å². The van der Waals surface area contributed by atoms with Gasteiger partial charge in [0.1, 0.15) is 5.78 Å². The Kier molecular flexibility index (Phi) is 3.96. The average Bonchev–Trinajstić information content (AvgIpc) is 2.43. The highest BCUT2D eigenvalue weighted by Gasteiger charge is 2.32. The molecular weight excluding hydrogens is 248 g/mol. The van der Waals surface area contributed by atoms with Crippen molar-refractivity contribution in [2.45, 2.75) is 33.8 Å². The molecule has 0 amide bonds. The van der Waals surface area contributed by atoms with Crippen LogP contribution in [0.1, 0.15) is 39.4 Å². The molecule has 0 heterocycles. The number of carbonyl (C=O) groups is 1. The third-order valence-corrected chi connectivity index (χ3v) is 3.77. The molecule has 2 rings (SSSR count). The molecular formula is C18H22O2. The van der Waals surface area contributed by atoms with Crippen LogP contribution in [0.2, 0.25) is 0 Å². The Hall–Kier alpha value is -1.67. The predicted octanol–water partition coefficient (Wildman–Crippen LogP) is 4.12. The number of benzene rings is 2. The van der Waals surface area contributed by atoms with Crippen molar-refractivity contribution < 1.29 is 9.90 Å². The topological polar surface area (TPSA) is 37.3 Å². The van der Waals surface area contributed by atoms with Crippen LogP contribution in [0.3, 0.4) is 0 Å². The second-order valence-corrected chi connectivity index (χ2v) is 6.42. The van der Waals surface area contributed by atoms with Crippen molar-refractivity contribution in [1.29, 1.82) is 0 Å². The summed E-state index contributed by atoms with van der Waals surface area (Å²) in [5.41, 5.74) is 0.388. The van der Waals surface area contributed by atoms with Crippen LogP contribution in [0, 0.1) is 11.3 Å². The number of fused-ring (bicyclic) bond motifs is 1. The van der Waals surface area contributed by atoms with Crippen LogP contribution in [0.4, 0.5) is 0 Å². The fourth-order valence-electron chi connectivity index (χ4n) is 2.60. The number of aliphatic hydroxyl groups is 1. The first-order chi connectivity index (χ1) is 9.32. The molecule has 20 heavy (non-hydrogen) atoms. The fourth-order valence-corrected chi connectivity index (χ4v) is 2.60. The first-order valence-corrected chi connectivity index (χ1v) is 7.02. The summed E-state index contributed by atoms with van der Waals surface area (Å²) in [6.45, 7) is 7.48. The van der Waals surface area contributed by atoms with E-state index in [0.717, 1.165) is 16.3 Å². The molecule has 0 fully saturated rings. The summed E-state index contributed by atoms with van der Waals surface area (Å²) in [4.78, 5) is 12.4. The van der Waals surface area contributed by atoms with Gasteiger partial charge in [-0.2, -0.15) is 0 Å². The lowest BCUT2D eigenvalue weighted by atomic mass is 9.79. The van der Waals surface area contributed by atoms with Crippen LogP contribution in [0.25, 0.3) is 10.8 Å². The molecule has 0 aliphatic rings. The average molecular weight is 270 g/mol. The number of ketones is 1. The smallest absolute Gasteiger partial charge is 0.143 e. The van der Waals surface area contributed by atoms with Gasteiger partial charge in [-0.25, -0.2) is 0 Å². The molecule has 2 aromatic carbocycles. The Bertz CT molecular complexity index is 617. The van der Waals surface area contributed by atoms with Crippen LogP contribution >= 0.6 is 0 Å². The third kappa shape index (κ3) is 2.75. The van der Waals surface area contributed by atoms with E-state index in [1.54, 1.807) is 6.92 Å². The van der Waals surface area contributed by atoms with Crippen LogP contribution in [0.15, 0.2) is 42.5 Å². The van der Waals surface area contributed by atoms with Crippen molar-refractivity contribution in [3.05, 3.63) is 48.0 Å². The molecule has 0 bridgehead atoms. The zero-order valence-electron chi connectivity index (χ0n) is 12.6. The zero-order valence-corrected chi connectivity index (χ0v) is 12.6. The van der Waals surface area contributed by atoms with Gasteiger partial charge in [0.25, 0.3) is 0 Å². The van der Waals surface area contributed by atoms with E-state index >= 15 is 0 Å². The Balaban J connectivity index is 2.41. The lowest BCUT2D eigenvalue weighted by molar-refractivity contribution is -0.133. The maximum absolute atomic E-state index is 12.4. The molecule has 0 radical (unpaired) electrons. The van der Waals surface area contributed by atoms with Crippen molar-refractivity contribution in [2.24, 2.45) is 11.3 Å². The van der Waals surface area contributed by atoms with E-state index in [0.29, 0.717) is 0 Å². The van der Waals surface area contributed by atoms with Gasteiger partial charge >= 0.3 is 0 Å². The second-order valence-electron chi connectivity index (χ2n) is 6.42. The van der Waals surface area contributed by atoms with Gasteiger partial charge in [0.05, 0.1) is 6.10 Å². The van der Waals surface area contributed by atoms with Crippen molar-refractivity contribution in [3.63, 3.8) is 0 Å². The van der Waals surface area contributed by atoms with Gasteiger partial charge in [0, 0.05) is 11.3 Å². The zero-order chi connectivity index (χ0) is 14.9. The fraction of sp³-hybridized carbons (Fsp3) is 0.389. The standard InChI is InChI=1S/C18H22O2/c1-12(17(20)18(2,3)4)16(19)15-11-7-9-13-8-5-6-10-14(13)15/h5-12,16,19H,1-4H3. The molecule has 2 unspecified atom stereocenters. The summed E-state index contributed by atoms with van der Waals surface area (Å²) >= 11 is 0. The molecule has 2 aromatic rings. The highest BCUT2D eigenvalue weighted by molar-refractivity contribution is 5.89. The van der Waals surface area contributed by atoms with Gasteiger partial charge in [-0.15, -0.1) is 0 Å². The normalized spacial score (nSPS) is 15.1. The van der Waals surface area contributed by atoms with Gasteiger partial charge in [-0.1, -0.05) is 70.2 Å². The van der Waals surface area contributed by atoms with Crippen molar-refractivity contribution in [2.75, 3.05) is 0 Å². The molecule has 0 aliphatic carbocycles. The molecule has 2 nitrogen and oxygen atoms in total. The van der Waals surface area contributed by atoms with Gasteiger partial charge in [0.2, 0.25) is 0 Å². The Morgan fingerprint density at radius 1 is 1.05 bits per heavy atom. The van der Waals surface area contributed by atoms with Gasteiger partial charge < -0.3 is 5.11 Å². The molecule has 0 spiro atoms. The summed E-state index contributed by atoms with van der Waals surface area (Å²) in [7, 11) is 0. The van der Waals surface area contributed by atoms with Crippen molar-refractivity contribution >= 4 is 16.6 Å². The number of rotatable bonds is 3. The minimum Gasteiger partial charge on any atom is -0.388 e. The van der Waals surface area contributed by atoms with E-state index in [2.05, 4.69) is 0 Å². The Morgan fingerprint density at radius 2 is 1.65 bits per heavy atom. The Morgan fingerprint density at radius 3 is 2.30 bits per heavy atom. The number of hydrogen-bond donors (Lipinski definition) is 1. The number of Topliss-reactive ketones (excluding diaryl/α,β-unsaturated/α-hetero) is 1. The summed E-state index contributed by atoms with van der Waals surface area (Å²) in [6, 6.07) is 13.8. The first-order valence-electron chi connectivity index (χ1n) is 7.02. The molecule has 0 aromatic heterocycles. The van der Waals surface area contributed by atoms with E-state index in [1.165, 1.54) is 0 Å².